The van der Waals surface area contributed by atoms with E-state index in [4.69, 9.17) is 9.84 Å². The van der Waals surface area contributed by atoms with Crippen molar-refractivity contribution in [2.75, 3.05) is 18.5 Å². The second-order valence-corrected chi connectivity index (χ2v) is 5.77. The SMILES string of the molecule is Cc1c(C(=O)Nc2ccc(OCCO)cc2)cnn1CC(C)C. The first-order chi connectivity index (χ1) is 11.0. The molecular weight excluding hydrogens is 294 g/mol. The van der Waals surface area contributed by atoms with Gasteiger partial charge in [0.15, 0.2) is 0 Å². The van der Waals surface area contributed by atoms with E-state index in [9.17, 15) is 4.79 Å². The van der Waals surface area contributed by atoms with E-state index in [0.717, 1.165) is 12.2 Å². The quantitative estimate of drug-likeness (QED) is 0.822. The Bertz CT molecular complexity index is 648. The van der Waals surface area contributed by atoms with Gasteiger partial charge in [0.05, 0.1) is 18.4 Å². The van der Waals surface area contributed by atoms with Crippen LogP contribution in [0, 0.1) is 12.8 Å². The minimum absolute atomic E-state index is 0.0296. The minimum Gasteiger partial charge on any atom is -0.491 e. The summed E-state index contributed by atoms with van der Waals surface area (Å²) >= 11 is 0. The molecule has 0 unspecified atom stereocenters. The monoisotopic (exact) mass is 317 g/mol. The summed E-state index contributed by atoms with van der Waals surface area (Å²) < 4.78 is 7.14. The average molecular weight is 317 g/mol. The van der Waals surface area contributed by atoms with Crippen molar-refractivity contribution in [1.82, 2.24) is 9.78 Å². The van der Waals surface area contributed by atoms with Crippen LogP contribution >= 0.6 is 0 Å². The van der Waals surface area contributed by atoms with Gasteiger partial charge in [-0.3, -0.25) is 9.48 Å². The first kappa shape index (κ1) is 17.0. The first-order valence-corrected chi connectivity index (χ1v) is 7.68. The minimum atomic E-state index is -0.179. The highest BCUT2D eigenvalue weighted by Gasteiger charge is 2.15. The fraction of sp³-hybridized carbons (Fsp3) is 0.412. The number of nitrogens with one attached hydrogen (secondary N) is 1. The van der Waals surface area contributed by atoms with Crippen molar-refractivity contribution in [3.63, 3.8) is 0 Å². The molecule has 1 heterocycles. The van der Waals surface area contributed by atoms with Crippen LogP contribution in [0.2, 0.25) is 0 Å². The Morgan fingerprint density at radius 3 is 2.65 bits per heavy atom. The van der Waals surface area contributed by atoms with E-state index in [-0.39, 0.29) is 19.1 Å². The van der Waals surface area contributed by atoms with Gasteiger partial charge in [0.25, 0.3) is 5.91 Å². The lowest BCUT2D eigenvalue weighted by molar-refractivity contribution is 0.102. The van der Waals surface area contributed by atoms with Gasteiger partial charge >= 0.3 is 0 Å². The number of aliphatic hydroxyl groups is 1. The molecule has 1 aromatic heterocycles. The molecule has 2 rings (SSSR count). The zero-order valence-electron chi connectivity index (χ0n) is 13.7. The molecule has 23 heavy (non-hydrogen) atoms. The highest BCUT2D eigenvalue weighted by atomic mass is 16.5. The van der Waals surface area contributed by atoms with Crippen LogP contribution in [0.3, 0.4) is 0 Å². The van der Waals surface area contributed by atoms with Gasteiger partial charge < -0.3 is 15.2 Å². The van der Waals surface area contributed by atoms with E-state index in [1.54, 1.807) is 30.5 Å². The predicted molar refractivity (Wildman–Crippen MR) is 88.8 cm³/mol. The third-order valence-corrected chi connectivity index (χ3v) is 3.36. The fourth-order valence-corrected chi connectivity index (χ4v) is 2.20. The fourth-order valence-electron chi connectivity index (χ4n) is 2.20. The smallest absolute Gasteiger partial charge is 0.259 e. The normalized spacial score (nSPS) is 10.8. The molecule has 0 saturated heterocycles. The molecule has 1 amide bonds. The van der Waals surface area contributed by atoms with E-state index in [0.29, 0.717) is 22.9 Å². The Kier molecular flexibility index (Phi) is 5.76. The number of hydrogen-bond donors (Lipinski definition) is 2. The Morgan fingerprint density at radius 2 is 2.04 bits per heavy atom. The average Bonchev–Trinajstić information content (AvgIpc) is 2.87. The van der Waals surface area contributed by atoms with Crippen molar-refractivity contribution in [1.29, 1.82) is 0 Å². The molecule has 2 N–H and O–H groups in total. The van der Waals surface area contributed by atoms with Gasteiger partial charge in [-0.1, -0.05) is 13.8 Å². The predicted octanol–water partition coefficient (Wildman–Crippen LogP) is 2.47. The van der Waals surface area contributed by atoms with Crippen LogP contribution in [0.4, 0.5) is 5.69 Å². The number of anilines is 1. The summed E-state index contributed by atoms with van der Waals surface area (Å²) in [5, 5.41) is 15.9. The van der Waals surface area contributed by atoms with Crippen molar-refractivity contribution in [3.8, 4) is 5.75 Å². The van der Waals surface area contributed by atoms with Gasteiger partial charge in [-0.25, -0.2) is 0 Å². The standard InChI is InChI=1S/C17H23N3O3/c1-12(2)11-20-13(3)16(10-18-20)17(22)19-14-4-6-15(7-5-14)23-9-8-21/h4-7,10,12,21H,8-9,11H2,1-3H3,(H,19,22). The zero-order valence-corrected chi connectivity index (χ0v) is 13.7. The zero-order chi connectivity index (χ0) is 16.8. The van der Waals surface area contributed by atoms with Crippen LogP contribution < -0.4 is 10.1 Å². The Balaban J connectivity index is 2.03. The van der Waals surface area contributed by atoms with Crippen LogP contribution in [-0.4, -0.2) is 34.0 Å². The molecule has 0 aliphatic rings. The number of benzene rings is 1. The van der Waals surface area contributed by atoms with E-state index < -0.39 is 0 Å². The number of aliphatic hydroxyl groups excluding tert-OH is 1. The maximum atomic E-state index is 12.4. The lowest BCUT2D eigenvalue weighted by Gasteiger charge is -2.09. The Hall–Kier alpha value is -2.34. The number of hydrogen-bond acceptors (Lipinski definition) is 4. The van der Waals surface area contributed by atoms with Gasteiger partial charge in [-0.15, -0.1) is 0 Å². The van der Waals surface area contributed by atoms with E-state index >= 15 is 0 Å². The summed E-state index contributed by atoms with van der Waals surface area (Å²) in [5.74, 6) is 0.940. The maximum absolute atomic E-state index is 12.4. The van der Waals surface area contributed by atoms with Crippen LogP contribution in [0.5, 0.6) is 5.75 Å². The number of nitrogens with zero attached hydrogens (tertiary/aromatic N) is 2. The van der Waals surface area contributed by atoms with Crippen molar-refractivity contribution < 1.29 is 14.6 Å². The van der Waals surface area contributed by atoms with Gasteiger partial charge in [0.1, 0.15) is 12.4 Å². The second-order valence-electron chi connectivity index (χ2n) is 5.77. The Labute approximate surface area is 136 Å². The number of ether oxygens (including phenoxy) is 1. The number of carbonyl (C=O) groups excluding carboxylic acids is 1. The Morgan fingerprint density at radius 1 is 1.35 bits per heavy atom. The molecule has 1 aromatic carbocycles. The molecule has 0 spiro atoms. The number of carbonyl (C=O) groups is 1. The van der Waals surface area contributed by atoms with Gasteiger partial charge in [0.2, 0.25) is 0 Å². The summed E-state index contributed by atoms with van der Waals surface area (Å²) in [6.45, 7) is 7.13. The summed E-state index contributed by atoms with van der Waals surface area (Å²) in [5.41, 5.74) is 2.12. The number of aromatic nitrogens is 2. The van der Waals surface area contributed by atoms with E-state index in [1.807, 2.05) is 11.6 Å². The molecule has 0 atom stereocenters. The van der Waals surface area contributed by atoms with Crippen LogP contribution in [0.1, 0.15) is 29.9 Å². The van der Waals surface area contributed by atoms with Crippen LogP contribution in [0.15, 0.2) is 30.5 Å². The molecule has 0 aliphatic carbocycles. The van der Waals surface area contributed by atoms with Crippen LogP contribution in [0.25, 0.3) is 0 Å². The molecule has 0 bridgehead atoms. The summed E-state index contributed by atoms with van der Waals surface area (Å²) in [7, 11) is 0. The number of rotatable bonds is 7. The van der Waals surface area contributed by atoms with Gasteiger partial charge in [-0.2, -0.15) is 5.10 Å². The molecule has 6 heteroatoms. The summed E-state index contributed by atoms with van der Waals surface area (Å²) in [6, 6.07) is 7.03. The van der Waals surface area contributed by atoms with Gasteiger partial charge in [-0.05, 0) is 37.1 Å². The first-order valence-electron chi connectivity index (χ1n) is 7.68. The van der Waals surface area contributed by atoms with Crippen molar-refractivity contribution >= 4 is 11.6 Å². The topological polar surface area (TPSA) is 76.4 Å². The highest BCUT2D eigenvalue weighted by molar-refractivity contribution is 6.04. The summed E-state index contributed by atoms with van der Waals surface area (Å²) in [4.78, 5) is 12.4. The molecular formula is C17H23N3O3. The van der Waals surface area contributed by atoms with Crippen LogP contribution in [-0.2, 0) is 6.54 Å². The molecule has 0 radical (unpaired) electrons. The third kappa shape index (κ3) is 4.56. The van der Waals surface area contributed by atoms with Crippen molar-refractivity contribution in [2.24, 2.45) is 5.92 Å². The van der Waals surface area contributed by atoms with Crippen molar-refractivity contribution in [3.05, 3.63) is 41.7 Å². The molecule has 6 nitrogen and oxygen atoms in total. The summed E-state index contributed by atoms with van der Waals surface area (Å²) in [6.07, 6.45) is 1.60. The van der Waals surface area contributed by atoms with E-state index in [1.165, 1.54) is 0 Å². The van der Waals surface area contributed by atoms with E-state index in [2.05, 4.69) is 24.3 Å². The van der Waals surface area contributed by atoms with Gasteiger partial charge in [0, 0.05) is 17.9 Å². The molecule has 0 aliphatic heterocycles. The lowest BCUT2D eigenvalue weighted by atomic mass is 10.2. The third-order valence-electron chi connectivity index (χ3n) is 3.36. The molecule has 0 fully saturated rings. The van der Waals surface area contributed by atoms with Crippen molar-refractivity contribution in [2.45, 2.75) is 27.3 Å². The molecule has 124 valence electrons. The number of amides is 1. The maximum Gasteiger partial charge on any atom is 0.259 e. The lowest BCUT2D eigenvalue weighted by Crippen LogP contribution is -2.14. The second kappa shape index (κ2) is 7.78. The molecule has 2 aromatic rings. The largest absolute Gasteiger partial charge is 0.491 e. The molecule has 0 saturated carbocycles. The highest BCUT2D eigenvalue weighted by Crippen LogP contribution is 2.17.